The van der Waals surface area contributed by atoms with Gasteiger partial charge in [0, 0.05) is 34.2 Å². The van der Waals surface area contributed by atoms with Crippen molar-refractivity contribution in [1.29, 1.82) is 0 Å². The highest BCUT2D eigenvalue weighted by molar-refractivity contribution is 5.82. The van der Waals surface area contributed by atoms with Gasteiger partial charge < -0.3 is 20.9 Å². The number of rotatable bonds is 7. The lowest BCUT2D eigenvalue weighted by Gasteiger charge is -2.23. The summed E-state index contributed by atoms with van der Waals surface area (Å²) in [7, 11) is 5.35. The minimum Gasteiger partial charge on any atom is -0.359 e. The van der Waals surface area contributed by atoms with Gasteiger partial charge in [-0.25, -0.2) is 0 Å². The highest BCUT2D eigenvalue weighted by Gasteiger charge is 2.26. The summed E-state index contributed by atoms with van der Waals surface area (Å²) >= 11 is 0. The molecule has 1 amide bonds. The number of carbonyl (C=O) groups excluding carboxylic acids is 1. The molecular formula is C13H25N7O. The molecule has 118 valence electrons. The number of amides is 1. The zero-order valence-corrected chi connectivity index (χ0v) is 13.6. The number of hydrogen-bond acceptors (Lipinski definition) is 7. The summed E-state index contributed by atoms with van der Waals surface area (Å²) in [6.45, 7) is 6.84. The Morgan fingerprint density at radius 3 is 2.19 bits per heavy atom. The fourth-order valence-electron chi connectivity index (χ4n) is 1.60. The average Bonchev–Trinajstić information content (AvgIpc) is 2.44. The van der Waals surface area contributed by atoms with Gasteiger partial charge in [0.25, 0.3) is 0 Å². The van der Waals surface area contributed by atoms with Gasteiger partial charge in [0.15, 0.2) is 0 Å². The van der Waals surface area contributed by atoms with Crippen LogP contribution in [0.5, 0.6) is 0 Å². The Kier molecular flexibility index (Phi) is 5.69. The van der Waals surface area contributed by atoms with Crippen LogP contribution in [0.25, 0.3) is 0 Å². The molecule has 0 bridgehead atoms. The summed E-state index contributed by atoms with van der Waals surface area (Å²) in [5, 5.41) is 8.82. The van der Waals surface area contributed by atoms with E-state index in [-0.39, 0.29) is 5.91 Å². The van der Waals surface area contributed by atoms with E-state index in [1.165, 1.54) is 0 Å². The molecule has 0 radical (unpaired) electrons. The molecule has 1 aromatic rings. The molecule has 8 heteroatoms. The molecule has 0 aliphatic rings. The largest absolute Gasteiger partial charge is 0.359 e. The minimum absolute atomic E-state index is 0.0382. The fraction of sp³-hybridized carbons (Fsp3) is 0.692. The van der Waals surface area contributed by atoms with Gasteiger partial charge in [0.05, 0.1) is 5.41 Å². The molecular weight excluding hydrogens is 270 g/mol. The summed E-state index contributed by atoms with van der Waals surface area (Å²) in [5.41, 5.74) is -0.558. The van der Waals surface area contributed by atoms with Gasteiger partial charge >= 0.3 is 0 Å². The molecule has 3 N–H and O–H groups in total. The van der Waals surface area contributed by atoms with Crippen LogP contribution in [-0.2, 0) is 4.79 Å². The minimum atomic E-state index is -0.558. The predicted octanol–water partition coefficient (Wildman–Crippen LogP) is 0.554. The number of hydrogen-bond donors (Lipinski definition) is 3. The first-order valence-electron chi connectivity index (χ1n) is 6.93. The van der Waals surface area contributed by atoms with Crippen LogP contribution in [0, 0.1) is 5.41 Å². The van der Waals surface area contributed by atoms with Crippen molar-refractivity contribution >= 4 is 23.8 Å². The molecule has 0 aliphatic heterocycles. The zero-order valence-electron chi connectivity index (χ0n) is 13.6. The highest BCUT2D eigenvalue weighted by Crippen LogP contribution is 2.17. The summed E-state index contributed by atoms with van der Waals surface area (Å²) in [6, 6.07) is 0. The molecule has 0 fully saturated rings. The van der Waals surface area contributed by atoms with Crippen molar-refractivity contribution in [2.45, 2.75) is 20.8 Å². The third-order valence-electron chi connectivity index (χ3n) is 2.89. The van der Waals surface area contributed by atoms with E-state index in [1.54, 1.807) is 11.9 Å². The number of carbonyl (C=O) groups is 1. The lowest BCUT2D eigenvalue weighted by atomic mass is 9.92. The van der Waals surface area contributed by atoms with E-state index >= 15 is 0 Å². The third kappa shape index (κ3) is 4.73. The van der Waals surface area contributed by atoms with Crippen molar-refractivity contribution in [3.05, 3.63) is 0 Å². The van der Waals surface area contributed by atoms with Crippen molar-refractivity contribution in [2.75, 3.05) is 49.8 Å². The van der Waals surface area contributed by atoms with Crippen molar-refractivity contribution < 1.29 is 4.79 Å². The first-order valence-corrected chi connectivity index (χ1v) is 6.93. The standard InChI is InChI=1S/C13H25N7O/c1-7-15-10-17-11(19-12(18-10)20(5)6)16-8-13(2,3)9(21)14-4/h7-8H2,1-6H3,(H,14,21)(H2,15,16,17,18,19). The monoisotopic (exact) mass is 295 g/mol. The van der Waals surface area contributed by atoms with Crippen molar-refractivity contribution in [1.82, 2.24) is 20.3 Å². The molecule has 0 atom stereocenters. The van der Waals surface area contributed by atoms with Crippen LogP contribution in [0.4, 0.5) is 17.8 Å². The van der Waals surface area contributed by atoms with E-state index in [0.29, 0.717) is 24.4 Å². The van der Waals surface area contributed by atoms with Gasteiger partial charge in [0.1, 0.15) is 0 Å². The summed E-state index contributed by atoms with van der Waals surface area (Å²) in [6.07, 6.45) is 0. The lowest BCUT2D eigenvalue weighted by molar-refractivity contribution is -0.128. The molecule has 21 heavy (non-hydrogen) atoms. The first-order chi connectivity index (χ1) is 9.80. The summed E-state index contributed by atoms with van der Waals surface area (Å²) < 4.78 is 0. The molecule has 1 rings (SSSR count). The summed E-state index contributed by atoms with van der Waals surface area (Å²) in [5.74, 6) is 1.48. The Bertz CT molecular complexity index is 487. The molecule has 8 nitrogen and oxygen atoms in total. The fourth-order valence-corrected chi connectivity index (χ4v) is 1.60. The van der Waals surface area contributed by atoms with Gasteiger partial charge in [-0.1, -0.05) is 0 Å². The van der Waals surface area contributed by atoms with Crippen LogP contribution < -0.4 is 20.9 Å². The normalized spacial score (nSPS) is 11.0. The van der Waals surface area contributed by atoms with Crippen molar-refractivity contribution in [3.63, 3.8) is 0 Å². The van der Waals surface area contributed by atoms with Gasteiger partial charge in [-0.15, -0.1) is 0 Å². The maximum atomic E-state index is 11.8. The van der Waals surface area contributed by atoms with Crippen LogP contribution >= 0.6 is 0 Å². The Hall–Kier alpha value is -2.12. The van der Waals surface area contributed by atoms with Crippen LogP contribution in [0.2, 0.25) is 0 Å². The van der Waals surface area contributed by atoms with E-state index in [4.69, 9.17) is 0 Å². The Morgan fingerprint density at radius 1 is 1.14 bits per heavy atom. The van der Waals surface area contributed by atoms with Crippen LogP contribution in [0.15, 0.2) is 0 Å². The Balaban J connectivity index is 2.89. The number of nitrogens with one attached hydrogen (secondary N) is 3. The van der Waals surface area contributed by atoms with Gasteiger partial charge in [-0.2, -0.15) is 15.0 Å². The van der Waals surface area contributed by atoms with E-state index in [2.05, 4.69) is 30.9 Å². The molecule has 0 spiro atoms. The molecule has 0 aliphatic carbocycles. The zero-order chi connectivity index (χ0) is 16.0. The molecule has 0 saturated heterocycles. The quantitative estimate of drug-likeness (QED) is 0.676. The highest BCUT2D eigenvalue weighted by atomic mass is 16.2. The SMILES string of the molecule is CCNc1nc(NCC(C)(C)C(=O)NC)nc(N(C)C)n1. The maximum Gasteiger partial charge on any atom is 0.231 e. The molecule has 1 aromatic heterocycles. The van der Waals surface area contributed by atoms with Crippen LogP contribution in [0.3, 0.4) is 0 Å². The van der Waals surface area contributed by atoms with E-state index in [1.807, 2.05) is 34.9 Å². The van der Waals surface area contributed by atoms with Crippen LogP contribution in [-0.4, -0.2) is 55.1 Å². The second-order valence-electron chi connectivity index (χ2n) is 5.52. The Labute approximate surface area is 125 Å². The van der Waals surface area contributed by atoms with Gasteiger partial charge in [-0.3, -0.25) is 4.79 Å². The topological polar surface area (TPSA) is 95.1 Å². The van der Waals surface area contributed by atoms with Gasteiger partial charge in [0.2, 0.25) is 23.8 Å². The van der Waals surface area contributed by atoms with E-state index < -0.39 is 5.41 Å². The molecule has 0 saturated carbocycles. The maximum absolute atomic E-state index is 11.8. The molecule has 0 aromatic carbocycles. The third-order valence-corrected chi connectivity index (χ3v) is 2.89. The average molecular weight is 295 g/mol. The van der Waals surface area contributed by atoms with E-state index in [9.17, 15) is 4.79 Å². The van der Waals surface area contributed by atoms with Crippen LogP contribution in [0.1, 0.15) is 20.8 Å². The number of anilines is 3. The van der Waals surface area contributed by atoms with Gasteiger partial charge in [-0.05, 0) is 20.8 Å². The van der Waals surface area contributed by atoms with Crippen molar-refractivity contribution in [3.8, 4) is 0 Å². The molecule has 0 unspecified atom stereocenters. The second-order valence-corrected chi connectivity index (χ2v) is 5.52. The smallest absolute Gasteiger partial charge is 0.231 e. The number of aromatic nitrogens is 3. The first kappa shape index (κ1) is 16.9. The van der Waals surface area contributed by atoms with E-state index in [0.717, 1.165) is 6.54 Å². The summed E-state index contributed by atoms with van der Waals surface area (Å²) in [4.78, 5) is 26.5. The Morgan fingerprint density at radius 2 is 1.71 bits per heavy atom. The lowest BCUT2D eigenvalue weighted by Crippen LogP contribution is -2.39. The predicted molar refractivity (Wildman–Crippen MR) is 84.7 cm³/mol. The number of nitrogens with zero attached hydrogens (tertiary/aromatic N) is 4. The second kappa shape index (κ2) is 7.05. The van der Waals surface area contributed by atoms with Crippen molar-refractivity contribution in [2.24, 2.45) is 5.41 Å². The molecule has 1 heterocycles.